The number of hydrogen-bond acceptors (Lipinski definition) is 4. The number of carbonyl (C=O) groups is 1. The van der Waals surface area contributed by atoms with E-state index in [0.29, 0.717) is 18.2 Å². The lowest BCUT2D eigenvalue weighted by atomic mass is 10.2. The Morgan fingerprint density at radius 2 is 2.14 bits per heavy atom. The van der Waals surface area contributed by atoms with Gasteiger partial charge in [0, 0.05) is 17.9 Å². The monoisotopic (exact) mass is 285 g/mol. The van der Waals surface area contributed by atoms with Crippen molar-refractivity contribution in [2.75, 3.05) is 11.9 Å². The number of aromatic nitrogens is 2. The Kier molecular flexibility index (Phi) is 3.90. The van der Waals surface area contributed by atoms with Gasteiger partial charge in [0.2, 0.25) is 0 Å². The van der Waals surface area contributed by atoms with Gasteiger partial charge in [-0.3, -0.25) is 0 Å². The molecule has 21 heavy (non-hydrogen) atoms. The summed E-state index contributed by atoms with van der Waals surface area (Å²) in [6.45, 7) is 2.93. The third-order valence-corrected chi connectivity index (χ3v) is 3.56. The average Bonchev–Trinajstić information content (AvgIpc) is 3.24. The molecule has 1 heterocycles. The molecule has 1 aromatic heterocycles. The fraction of sp³-hybridized carbons (Fsp3) is 0.375. The van der Waals surface area contributed by atoms with Crippen LogP contribution in [0.4, 0.5) is 5.69 Å². The molecule has 1 aliphatic rings. The first-order valence-electron chi connectivity index (χ1n) is 7.29. The minimum Gasteiger partial charge on any atom is -0.462 e. The van der Waals surface area contributed by atoms with Crippen LogP contribution < -0.4 is 5.32 Å². The maximum absolute atomic E-state index is 11.6. The molecule has 5 heteroatoms. The zero-order valence-electron chi connectivity index (χ0n) is 12.1. The van der Waals surface area contributed by atoms with Gasteiger partial charge in [0.15, 0.2) is 0 Å². The lowest BCUT2D eigenvalue weighted by molar-refractivity contribution is 0.0526. The molecule has 0 saturated heterocycles. The molecule has 1 saturated carbocycles. The Hall–Kier alpha value is -2.30. The number of anilines is 1. The summed E-state index contributed by atoms with van der Waals surface area (Å²) in [5, 5.41) is 3.36. The number of imidazole rings is 1. The number of hydrogen-bond donors (Lipinski definition) is 1. The van der Waals surface area contributed by atoms with E-state index in [0.717, 1.165) is 12.2 Å². The van der Waals surface area contributed by atoms with E-state index < -0.39 is 0 Å². The number of nitrogens with zero attached hydrogens (tertiary/aromatic N) is 2. The number of carbonyl (C=O) groups excluding carboxylic acids is 1. The molecule has 0 unspecified atom stereocenters. The smallest absolute Gasteiger partial charge is 0.338 e. The zero-order chi connectivity index (χ0) is 14.7. The number of esters is 1. The van der Waals surface area contributed by atoms with Crippen LogP contribution in [-0.2, 0) is 11.3 Å². The quantitative estimate of drug-likeness (QED) is 0.829. The third-order valence-electron chi connectivity index (χ3n) is 3.56. The molecule has 3 rings (SSSR count). The lowest BCUT2D eigenvalue weighted by Gasteiger charge is -2.09. The molecule has 0 radical (unpaired) electrons. The van der Waals surface area contributed by atoms with E-state index >= 15 is 0 Å². The summed E-state index contributed by atoms with van der Waals surface area (Å²) in [6.07, 6.45) is 6.30. The molecule has 0 spiro atoms. The van der Waals surface area contributed by atoms with Gasteiger partial charge in [-0.15, -0.1) is 0 Å². The highest BCUT2D eigenvalue weighted by atomic mass is 16.5. The van der Waals surface area contributed by atoms with Gasteiger partial charge in [-0.1, -0.05) is 0 Å². The minimum atomic E-state index is -0.282. The fourth-order valence-corrected chi connectivity index (χ4v) is 2.28. The van der Waals surface area contributed by atoms with Crippen molar-refractivity contribution in [1.29, 1.82) is 0 Å². The number of ether oxygens (including phenoxy) is 1. The van der Waals surface area contributed by atoms with Crippen molar-refractivity contribution in [2.24, 2.45) is 0 Å². The molecule has 0 bridgehead atoms. The highest BCUT2D eigenvalue weighted by Crippen LogP contribution is 2.35. The van der Waals surface area contributed by atoms with Crippen LogP contribution in [0.25, 0.3) is 0 Å². The van der Waals surface area contributed by atoms with E-state index in [9.17, 15) is 4.79 Å². The van der Waals surface area contributed by atoms with Crippen LogP contribution in [0.2, 0.25) is 0 Å². The van der Waals surface area contributed by atoms with E-state index in [4.69, 9.17) is 4.74 Å². The Morgan fingerprint density at radius 3 is 2.81 bits per heavy atom. The Balaban J connectivity index is 1.60. The van der Waals surface area contributed by atoms with E-state index in [1.54, 1.807) is 19.1 Å². The van der Waals surface area contributed by atoms with Gasteiger partial charge in [0.1, 0.15) is 0 Å². The first-order valence-corrected chi connectivity index (χ1v) is 7.29. The molecule has 0 amide bonds. The predicted octanol–water partition coefficient (Wildman–Crippen LogP) is 3.01. The van der Waals surface area contributed by atoms with Crippen molar-refractivity contribution < 1.29 is 9.53 Å². The van der Waals surface area contributed by atoms with Crippen molar-refractivity contribution in [3.05, 3.63) is 48.0 Å². The van der Waals surface area contributed by atoms with Crippen molar-refractivity contribution >= 4 is 11.7 Å². The molecule has 1 N–H and O–H groups in total. The minimum absolute atomic E-state index is 0.282. The third kappa shape index (κ3) is 3.24. The van der Waals surface area contributed by atoms with Crippen LogP contribution in [0.1, 0.15) is 41.9 Å². The van der Waals surface area contributed by atoms with Gasteiger partial charge in [-0.25, -0.2) is 9.78 Å². The second kappa shape index (κ2) is 5.99. The van der Waals surface area contributed by atoms with E-state index in [1.165, 1.54) is 18.5 Å². The molecule has 1 aliphatic carbocycles. The number of rotatable bonds is 6. The van der Waals surface area contributed by atoms with Crippen LogP contribution in [0.5, 0.6) is 0 Å². The summed E-state index contributed by atoms with van der Waals surface area (Å²) < 4.78 is 7.20. The predicted molar refractivity (Wildman–Crippen MR) is 80.2 cm³/mol. The molecule has 0 atom stereocenters. The highest BCUT2D eigenvalue weighted by Gasteiger charge is 2.24. The number of nitrogens with one attached hydrogen (secondary N) is 1. The van der Waals surface area contributed by atoms with Gasteiger partial charge < -0.3 is 14.6 Å². The molecule has 2 aromatic rings. The second-order valence-corrected chi connectivity index (χ2v) is 5.17. The van der Waals surface area contributed by atoms with E-state index in [2.05, 4.69) is 14.9 Å². The number of benzene rings is 1. The van der Waals surface area contributed by atoms with Gasteiger partial charge >= 0.3 is 5.97 Å². The first kappa shape index (κ1) is 13.7. The normalized spacial score (nSPS) is 14.0. The van der Waals surface area contributed by atoms with Gasteiger partial charge in [0.05, 0.1) is 30.7 Å². The van der Waals surface area contributed by atoms with Crippen LogP contribution in [0, 0.1) is 0 Å². The maximum atomic E-state index is 11.6. The SMILES string of the molecule is CCOC(=O)c1ccc(NCc2cncn2C2CC2)cc1. The maximum Gasteiger partial charge on any atom is 0.338 e. The van der Waals surface area contributed by atoms with E-state index in [-0.39, 0.29) is 5.97 Å². The Bertz CT molecular complexity index is 615. The molecular weight excluding hydrogens is 266 g/mol. The molecule has 1 aromatic carbocycles. The highest BCUT2D eigenvalue weighted by molar-refractivity contribution is 5.89. The zero-order valence-corrected chi connectivity index (χ0v) is 12.1. The molecule has 0 aliphatic heterocycles. The Labute approximate surface area is 124 Å². The molecule has 1 fully saturated rings. The van der Waals surface area contributed by atoms with Gasteiger partial charge in [-0.05, 0) is 44.0 Å². The standard InChI is InChI=1S/C16H19N3O2/c1-2-21-16(20)12-3-5-13(6-4-12)18-10-15-9-17-11-19(15)14-7-8-14/h3-6,9,11,14,18H,2,7-8,10H2,1H3. The summed E-state index contributed by atoms with van der Waals surface area (Å²) in [5.74, 6) is -0.282. The lowest BCUT2D eigenvalue weighted by Crippen LogP contribution is -2.07. The van der Waals surface area contributed by atoms with Crippen LogP contribution in [0.15, 0.2) is 36.8 Å². The van der Waals surface area contributed by atoms with Crippen molar-refractivity contribution in [2.45, 2.75) is 32.4 Å². The Morgan fingerprint density at radius 1 is 1.38 bits per heavy atom. The summed E-state index contributed by atoms with van der Waals surface area (Å²) in [7, 11) is 0. The topological polar surface area (TPSA) is 56.1 Å². The summed E-state index contributed by atoms with van der Waals surface area (Å²) in [5.41, 5.74) is 2.74. The van der Waals surface area contributed by atoms with Crippen molar-refractivity contribution in [1.82, 2.24) is 9.55 Å². The first-order chi connectivity index (χ1) is 10.3. The molecule has 110 valence electrons. The van der Waals surface area contributed by atoms with E-state index in [1.807, 2.05) is 24.7 Å². The van der Waals surface area contributed by atoms with Gasteiger partial charge in [-0.2, -0.15) is 0 Å². The molecule has 5 nitrogen and oxygen atoms in total. The van der Waals surface area contributed by atoms with Crippen molar-refractivity contribution in [3.63, 3.8) is 0 Å². The van der Waals surface area contributed by atoms with Crippen LogP contribution >= 0.6 is 0 Å². The largest absolute Gasteiger partial charge is 0.462 e. The second-order valence-electron chi connectivity index (χ2n) is 5.17. The fourth-order valence-electron chi connectivity index (χ4n) is 2.28. The summed E-state index contributed by atoms with van der Waals surface area (Å²) in [4.78, 5) is 15.8. The van der Waals surface area contributed by atoms with Crippen LogP contribution in [0.3, 0.4) is 0 Å². The summed E-state index contributed by atoms with van der Waals surface area (Å²) >= 11 is 0. The van der Waals surface area contributed by atoms with Crippen molar-refractivity contribution in [3.8, 4) is 0 Å². The molecular formula is C16H19N3O2. The van der Waals surface area contributed by atoms with Crippen LogP contribution in [-0.4, -0.2) is 22.1 Å². The van der Waals surface area contributed by atoms with Gasteiger partial charge in [0.25, 0.3) is 0 Å². The average molecular weight is 285 g/mol. The summed E-state index contributed by atoms with van der Waals surface area (Å²) in [6, 6.07) is 7.97.